The molecule has 0 aromatic heterocycles. The topological polar surface area (TPSA) is 393 Å². The van der Waals surface area contributed by atoms with E-state index in [4.69, 9.17) is 44.6 Å². The molecule has 0 heterocycles. The van der Waals surface area contributed by atoms with Gasteiger partial charge in [-0.25, -0.2) is 26.5 Å². The molecule has 0 saturated carbocycles. The second-order valence-electron chi connectivity index (χ2n) is 11.5. The van der Waals surface area contributed by atoms with Crippen LogP contribution in [0.15, 0.2) is 75.0 Å². The van der Waals surface area contributed by atoms with Crippen LogP contribution in [0.3, 0.4) is 0 Å². The van der Waals surface area contributed by atoms with Gasteiger partial charge in [0.1, 0.15) is 0 Å². The Bertz CT molecular complexity index is 1960. The number of carbonyl (C=O) groups excluding carboxylic acids is 2. The van der Waals surface area contributed by atoms with Crippen LogP contribution >= 0.6 is 0 Å². The van der Waals surface area contributed by atoms with E-state index in [-0.39, 0.29) is 28.1 Å². The zero-order chi connectivity index (χ0) is 41.0. The number of benzene rings is 3. The van der Waals surface area contributed by atoms with Gasteiger partial charge in [-0.05, 0) is 82.3 Å². The molecule has 286 valence electrons. The fourth-order valence-corrected chi connectivity index (χ4v) is 4.49. The SMILES string of the molecule is C/C(=N/NC(=N)N)c1cc(NC(=O)c2cc(C(=O)O)cc(C(=O)Nc3cc(/C(C)=N\NC(=N)N)cc(/C(C)=N/NC(=N)N)c3)c2)cc(/C(C)=N\NC(=N)N)c1. The minimum Gasteiger partial charge on any atom is -0.478 e. The molecule has 0 bridgehead atoms. The molecule has 0 spiro atoms. The minimum absolute atomic E-state index is 0.171. The zero-order valence-corrected chi connectivity index (χ0v) is 30.0. The van der Waals surface area contributed by atoms with Gasteiger partial charge in [-0.3, -0.25) is 31.2 Å². The molecule has 0 saturated heterocycles. The van der Waals surface area contributed by atoms with Crippen molar-refractivity contribution in [2.75, 3.05) is 10.6 Å². The summed E-state index contributed by atoms with van der Waals surface area (Å²) in [4.78, 5) is 39.5. The monoisotopic (exact) mass is 752 g/mol. The maximum atomic E-state index is 13.7. The summed E-state index contributed by atoms with van der Waals surface area (Å²) in [5.41, 5.74) is 33.9. The third-order valence-electron chi connectivity index (χ3n) is 7.13. The van der Waals surface area contributed by atoms with Crippen molar-refractivity contribution < 1.29 is 19.5 Å². The van der Waals surface area contributed by atoms with Crippen molar-refractivity contribution in [3.8, 4) is 0 Å². The maximum Gasteiger partial charge on any atom is 0.335 e. The molecule has 2 amide bonds. The number of carboxylic acid groups (broad SMARTS) is 1. The predicted octanol–water partition coefficient (Wildman–Crippen LogP) is 0.718. The van der Waals surface area contributed by atoms with Gasteiger partial charge in [-0.1, -0.05) is 0 Å². The summed E-state index contributed by atoms with van der Waals surface area (Å²) in [6.45, 7) is 6.48. The smallest absolute Gasteiger partial charge is 0.335 e. The molecule has 0 radical (unpaired) electrons. The summed E-state index contributed by atoms with van der Waals surface area (Å²) in [6, 6.07) is 13.0. The first-order valence-electron chi connectivity index (χ1n) is 15.7. The summed E-state index contributed by atoms with van der Waals surface area (Å²) >= 11 is 0. The van der Waals surface area contributed by atoms with Crippen LogP contribution in [0.5, 0.6) is 0 Å². The van der Waals surface area contributed by atoms with E-state index >= 15 is 0 Å². The van der Waals surface area contributed by atoms with E-state index < -0.39 is 41.6 Å². The van der Waals surface area contributed by atoms with Gasteiger partial charge in [0.15, 0.2) is 0 Å². The number of nitrogens with two attached hydrogens (primary N) is 4. The largest absolute Gasteiger partial charge is 0.478 e. The Labute approximate surface area is 313 Å². The summed E-state index contributed by atoms with van der Waals surface area (Å²) in [6.07, 6.45) is 0. The average molecular weight is 753 g/mol. The highest BCUT2D eigenvalue weighted by molar-refractivity contribution is 6.13. The summed E-state index contributed by atoms with van der Waals surface area (Å²) in [7, 11) is 0. The van der Waals surface area contributed by atoms with E-state index in [0.717, 1.165) is 12.1 Å². The van der Waals surface area contributed by atoms with Crippen LogP contribution in [0, 0.1) is 21.6 Å². The Morgan fingerprint density at radius 1 is 0.455 bits per heavy atom. The van der Waals surface area contributed by atoms with Crippen LogP contribution in [0.4, 0.5) is 11.4 Å². The highest BCUT2D eigenvalue weighted by Gasteiger charge is 2.19. The number of carbonyl (C=O) groups is 3. The quantitative estimate of drug-likeness (QED) is 0.0652. The molecular weight excluding hydrogens is 712 g/mol. The number of anilines is 2. The minimum atomic E-state index is -1.40. The number of rotatable bonds is 13. The Morgan fingerprint density at radius 3 is 0.927 bits per heavy atom. The average Bonchev–Trinajstić information content (AvgIpc) is 3.13. The summed E-state index contributed by atoms with van der Waals surface area (Å²) in [5, 5.41) is 61.0. The van der Waals surface area contributed by atoms with Gasteiger partial charge >= 0.3 is 5.97 Å². The molecule has 0 aliphatic heterocycles. The van der Waals surface area contributed by atoms with Crippen LogP contribution in [0.1, 0.15) is 81.0 Å². The maximum absolute atomic E-state index is 13.7. The van der Waals surface area contributed by atoms with Gasteiger partial charge in [0, 0.05) is 44.8 Å². The van der Waals surface area contributed by atoms with Crippen LogP contribution < -0.4 is 55.3 Å². The number of amides is 2. The lowest BCUT2D eigenvalue weighted by Crippen LogP contribution is -2.27. The first-order chi connectivity index (χ1) is 25.8. The number of aromatic carboxylic acids is 1. The number of hydrogen-bond donors (Lipinski definition) is 15. The predicted molar refractivity (Wildman–Crippen MR) is 211 cm³/mol. The van der Waals surface area contributed by atoms with Gasteiger partial charge in [-0.15, -0.1) is 0 Å². The lowest BCUT2D eigenvalue weighted by Gasteiger charge is -2.14. The summed E-state index contributed by atoms with van der Waals surface area (Å²) in [5.74, 6) is -4.57. The molecule has 0 aliphatic rings. The Morgan fingerprint density at radius 2 is 0.691 bits per heavy atom. The van der Waals surface area contributed by atoms with E-state index in [1.54, 1.807) is 64.1 Å². The van der Waals surface area contributed by atoms with Crippen molar-refractivity contribution in [2.24, 2.45) is 43.3 Å². The Kier molecular flexibility index (Phi) is 13.8. The van der Waals surface area contributed by atoms with E-state index in [2.05, 4.69) is 52.7 Å². The van der Waals surface area contributed by atoms with E-state index in [0.29, 0.717) is 45.1 Å². The van der Waals surface area contributed by atoms with Crippen molar-refractivity contribution >= 4 is 75.8 Å². The van der Waals surface area contributed by atoms with Crippen molar-refractivity contribution in [1.29, 1.82) is 21.6 Å². The second kappa shape index (κ2) is 18.4. The van der Waals surface area contributed by atoms with Crippen molar-refractivity contribution in [2.45, 2.75) is 27.7 Å². The first kappa shape index (κ1) is 41.3. The van der Waals surface area contributed by atoms with E-state index in [1.807, 2.05) is 0 Å². The molecule has 0 unspecified atom stereocenters. The first-order valence-corrected chi connectivity index (χ1v) is 15.7. The molecule has 0 aliphatic carbocycles. The zero-order valence-electron chi connectivity index (χ0n) is 30.0. The number of guanidine groups is 4. The van der Waals surface area contributed by atoms with Gasteiger partial charge in [0.05, 0.1) is 28.4 Å². The molecule has 3 rings (SSSR count). The number of hydrogen-bond acceptors (Lipinski definition) is 11. The van der Waals surface area contributed by atoms with Crippen molar-refractivity contribution in [3.05, 3.63) is 93.5 Å². The van der Waals surface area contributed by atoms with Crippen LogP contribution in [0.2, 0.25) is 0 Å². The fraction of sp³-hybridized carbons (Fsp3) is 0.121. The highest BCUT2D eigenvalue weighted by atomic mass is 16.4. The van der Waals surface area contributed by atoms with E-state index in [1.165, 1.54) is 6.07 Å². The van der Waals surface area contributed by atoms with Gasteiger partial charge in [-0.2, -0.15) is 20.4 Å². The highest BCUT2D eigenvalue weighted by Crippen LogP contribution is 2.22. The Balaban J connectivity index is 2.06. The standard InChI is InChI=1S/C33H40N18O4/c1-14(44-48-30(34)35)18-5-19(15(2)45-49-31(36)37)11-25(10-18)42-27(52)22-7-23(9-24(8-22)29(54)55)28(53)43-26-12-20(16(3)46-50-32(38)39)6-21(13-26)17(4)47-51-33(40)41/h5-13H,1-4H3,(H,42,52)(H,43,53)(H,54,55)(H4,34,35,48)(H4,36,37,49)(H4,38,39,50)(H4,40,41,51)/b44-14-,45-15-,46-16-,47-17+. The van der Waals surface area contributed by atoms with Gasteiger partial charge in [0.25, 0.3) is 11.8 Å². The normalized spacial score (nSPS) is 11.9. The Hall–Kier alpha value is -8.17. The molecule has 0 fully saturated rings. The lowest BCUT2D eigenvalue weighted by atomic mass is 10.0. The van der Waals surface area contributed by atoms with E-state index in [9.17, 15) is 19.5 Å². The number of carboxylic acids is 1. The number of hydrazone groups is 4. The molecule has 3 aromatic rings. The number of nitrogens with zero attached hydrogens (tertiary/aromatic N) is 4. The molecule has 22 nitrogen and oxygen atoms in total. The van der Waals surface area contributed by atoms with Gasteiger partial charge in [0.2, 0.25) is 23.8 Å². The second-order valence-corrected chi connectivity index (χ2v) is 11.5. The van der Waals surface area contributed by atoms with Gasteiger partial charge < -0.3 is 38.7 Å². The lowest BCUT2D eigenvalue weighted by molar-refractivity contribution is 0.0696. The van der Waals surface area contributed by atoms with Crippen LogP contribution in [-0.2, 0) is 0 Å². The molecule has 0 atom stereocenters. The molecule has 19 N–H and O–H groups in total. The third kappa shape index (κ3) is 12.5. The molecule has 3 aromatic carbocycles. The van der Waals surface area contributed by atoms with Crippen LogP contribution in [-0.4, -0.2) is 69.6 Å². The van der Waals surface area contributed by atoms with Crippen molar-refractivity contribution in [3.63, 3.8) is 0 Å². The summed E-state index contributed by atoms with van der Waals surface area (Å²) < 4.78 is 0. The third-order valence-corrected chi connectivity index (χ3v) is 7.13. The van der Waals surface area contributed by atoms with Crippen LogP contribution in [0.25, 0.3) is 0 Å². The fourth-order valence-electron chi connectivity index (χ4n) is 4.49. The molecule has 22 heteroatoms. The van der Waals surface area contributed by atoms with Crippen molar-refractivity contribution in [1.82, 2.24) is 21.7 Å². The number of nitrogens with one attached hydrogen (secondary N) is 10. The molecular formula is C33H40N18O4. The molecule has 55 heavy (non-hydrogen) atoms.